The molecule has 0 bridgehead atoms. The molecule has 1 aliphatic heterocycles. The predicted octanol–water partition coefficient (Wildman–Crippen LogP) is 0.792. The van der Waals surface area contributed by atoms with E-state index in [4.69, 9.17) is 0 Å². The van der Waals surface area contributed by atoms with Gasteiger partial charge in [0.1, 0.15) is 0 Å². The van der Waals surface area contributed by atoms with Crippen molar-refractivity contribution in [2.24, 2.45) is 11.0 Å². The molecule has 0 saturated heterocycles. The van der Waals surface area contributed by atoms with Crippen molar-refractivity contribution in [3.63, 3.8) is 0 Å². The molecule has 1 rings (SSSR count). The molecule has 80 valence electrons. The zero-order valence-corrected chi connectivity index (χ0v) is 9.45. The van der Waals surface area contributed by atoms with Crippen molar-refractivity contribution in [1.29, 1.82) is 0 Å². The van der Waals surface area contributed by atoms with Gasteiger partial charge in [-0.05, 0) is 27.4 Å². The molecule has 0 radical (unpaired) electrons. The van der Waals surface area contributed by atoms with Crippen LogP contribution in [-0.4, -0.2) is 48.7 Å². The molecule has 1 unspecified atom stereocenters. The molecular formula is C10H19N3O. The fourth-order valence-corrected chi connectivity index (χ4v) is 1.59. The van der Waals surface area contributed by atoms with Crippen LogP contribution in [0.4, 0.5) is 0 Å². The molecule has 0 aromatic heterocycles. The molecule has 1 atom stereocenters. The van der Waals surface area contributed by atoms with Gasteiger partial charge in [-0.3, -0.25) is 4.79 Å². The molecule has 14 heavy (non-hydrogen) atoms. The van der Waals surface area contributed by atoms with Crippen LogP contribution in [-0.2, 0) is 4.79 Å². The Bertz CT molecular complexity index is 248. The molecule has 0 aliphatic carbocycles. The number of hydrogen-bond acceptors (Lipinski definition) is 3. The fraction of sp³-hybridized carbons (Fsp3) is 0.800. The van der Waals surface area contributed by atoms with Crippen LogP contribution in [0.3, 0.4) is 0 Å². The van der Waals surface area contributed by atoms with Gasteiger partial charge in [0.15, 0.2) is 0 Å². The Kier molecular flexibility index (Phi) is 3.63. The van der Waals surface area contributed by atoms with E-state index in [-0.39, 0.29) is 11.8 Å². The van der Waals surface area contributed by atoms with Crippen molar-refractivity contribution in [3.8, 4) is 0 Å². The van der Waals surface area contributed by atoms with Gasteiger partial charge >= 0.3 is 0 Å². The molecule has 1 heterocycles. The Morgan fingerprint density at radius 1 is 1.50 bits per heavy atom. The Labute approximate surface area is 85.6 Å². The predicted molar refractivity (Wildman–Crippen MR) is 57.2 cm³/mol. The van der Waals surface area contributed by atoms with Gasteiger partial charge in [-0.25, -0.2) is 5.01 Å². The van der Waals surface area contributed by atoms with Crippen LogP contribution in [0, 0.1) is 5.92 Å². The van der Waals surface area contributed by atoms with E-state index in [1.807, 2.05) is 27.9 Å². The molecule has 0 fully saturated rings. The Balaban J connectivity index is 2.53. The van der Waals surface area contributed by atoms with E-state index < -0.39 is 0 Å². The fourth-order valence-electron chi connectivity index (χ4n) is 1.59. The number of likely N-dealkylation sites (N-methyl/N-ethyl adjacent to an activating group) is 1. The summed E-state index contributed by atoms with van der Waals surface area (Å²) in [5.74, 6) is 0.184. The maximum Gasteiger partial charge on any atom is 0.251 e. The first-order valence-corrected chi connectivity index (χ1v) is 5.07. The van der Waals surface area contributed by atoms with Crippen LogP contribution in [0.1, 0.15) is 20.3 Å². The quantitative estimate of drug-likeness (QED) is 0.668. The minimum atomic E-state index is 0.0252. The number of hydrogen-bond donors (Lipinski definition) is 0. The highest BCUT2D eigenvalue weighted by atomic mass is 16.2. The average molecular weight is 197 g/mol. The van der Waals surface area contributed by atoms with E-state index in [9.17, 15) is 4.79 Å². The van der Waals surface area contributed by atoms with Gasteiger partial charge in [-0.15, -0.1) is 0 Å². The van der Waals surface area contributed by atoms with Crippen LogP contribution in [0.5, 0.6) is 0 Å². The largest absolute Gasteiger partial charge is 0.308 e. The number of carbonyl (C=O) groups excluding carboxylic acids is 1. The monoisotopic (exact) mass is 197 g/mol. The summed E-state index contributed by atoms with van der Waals surface area (Å²) in [6.45, 7) is 5.51. The number of rotatable bonds is 4. The minimum Gasteiger partial charge on any atom is -0.308 e. The van der Waals surface area contributed by atoms with Gasteiger partial charge in [-0.2, -0.15) is 5.10 Å². The smallest absolute Gasteiger partial charge is 0.251 e. The highest BCUT2D eigenvalue weighted by molar-refractivity contribution is 6.06. The lowest BCUT2D eigenvalue weighted by Gasteiger charge is -2.16. The first kappa shape index (κ1) is 11.2. The summed E-state index contributed by atoms with van der Waals surface area (Å²) < 4.78 is 0. The van der Waals surface area contributed by atoms with Crippen LogP contribution < -0.4 is 0 Å². The number of hydrazone groups is 1. The normalized spacial score (nSPS) is 22.1. The molecule has 1 amide bonds. The zero-order valence-electron chi connectivity index (χ0n) is 9.45. The lowest BCUT2D eigenvalue weighted by Crippen LogP contribution is -2.32. The van der Waals surface area contributed by atoms with E-state index in [1.54, 1.807) is 5.01 Å². The maximum atomic E-state index is 11.8. The van der Waals surface area contributed by atoms with Crippen molar-refractivity contribution in [2.45, 2.75) is 20.3 Å². The zero-order chi connectivity index (χ0) is 10.7. The van der Waals surface area contributed by atoms with Crippen molar-refractivity contribution in [2.75, 3.05) is 27.2 Å². The topological polar surface area (TPSA) is 35.9 Å². The second-order valence-corrected chi connectivity index (χ2v) is 3.97. The summed E-state index contributed by atoms with van der Waals surface area (Å²) in [6.07, 6.45) is 0.854. The van der Waals surface area contributed by atoms with Gasteiger partial charge in [0.05, 0.1) is 12.5 Å². The van der Waals surface area contributed by atoms with E-state index in [2.05, 4.69) is 10.0 Å². The molecule has 0 N–H and O–H groups in total. The number of nitrogens with zero attached hydrogens (tertiary/aromatic N) is 3. The summed E-state index contributed by atoms with van der Waals surface area (Å²) >= 11 is 0. The van der Waals surface area contributed by atoms with Gasteiger partial charge in [0, 0.05) is 12.3 Å². The van der Waals surface area contributed by atoms with Crippen LogP contribution in [0.15, 0.2) is 5.10 Å². The van der Waals surface area contributed by atoms with Gasteiger partial charge in [0.25, 0.3) is 5.91 Å². The third-order valence-corrected chi connectivity index (χ3v) is 2.50. The van der Waals surface area contributed by atoms with E-state index >= 15 is 0 Å². The summed E-state index contributed by atoms with van der Waals surface area (Å²) in [6, 6.07) is 0. The number of amides is 1. The average Bonchev–Trinajstić information content (AvgIpc) is 2.38. The van der Waals surface area contributed by atoms with Crippen molar-refractivity contribution >= 4 is 11.6 Å². The molecule has 0 aromatic carbocycles. The van der Waals surface area contributed by atoms with Gasteiger partial charge in [0.2, 0.25) is 0 Å². The third kappa shape index (κ3) is 2.32. The van der Waals surface area contributed by atoms with Gasteiger partial charge < -0.3 is 4.90 Å². The first-order chi connectivity index (χ1) is 6.56. The molecule has 0 spiro atoms. The Morgan fingerprint density at radius 3 is 2.57 bits per heavy atom. The van der Waals surface area contributed by atoms with Crippen LogP contribution >= 0.6 is 0 Å². The molecule has 1 aliphatic rings. The van der Waals surface area contributed by atoms with Crippen molar-refractivity contribution in [3.05, 3.63) is 0 Å². The maximum absolute atomic E-state index is 11.8. The highest BCUT2D eigenvalue weighted by Crippen LogP contribution is 2.17. The Hall–Kier alpha value is -0.900. The second kappa shape index (κ2) is 4.55. The lowest BCUT2D eigenvalue weighted by molar-refractivity contribution is -0.131. The first-order valence-electron chi connectivity index (χ1n) is 5.07. The molecule has 0 aromatic rings. The molecular weight excluding hydrogens is 178 g/mol. The van der Waals surface area contributed by atoms with Crippen molar-refractivity contribution in [1.82, 2.24) is 9.91 Å². The van der Waals surface area contributed by atoms with Crippen molar-refractivity contribution < 1.29 is 4.79 Å². The molecule has 4 nitrogen and oxygen atoms in total. The van der Waals surface area contributed by atoms with E-state index in [1.165, 1.54) is 0 Å². The Morgan fingerprint density at radius 2 is 2.14 bits per heavy atom. The number of carbonyl (C=O) groups is 1. The lowest BCUT2D eigenvalue weighted by atomic mass is 10.0. The van der Waals surface area contributed by atoms with Crippen LogP contribution in [0.25, 0.3) is 0 Å². The van der Waals surface area contributed by atoms with E-state index in [0.717, 1.165) is 18.7 Å². The molecule has 0 saturated carbocycles. The van der Waals surface area contributed by atoms with Crippen LogP contribution in [0.2, 0.25) is 0 Å². The third-order valence-electron chi connectivity index (χ3n) is 2.50. The second-order valence-electron chi connectivity index (χ2n) is 3.97. The minimum absolute atomic E-state index is 0.0252. The SMILES string of the molecule is CCC1C(=O)N(CCN(C)C)N=C1C. The summed E-state index contributed by atoms with van der Waals surface area (Å²) in [4.78, 5) is 13.8. The molecule has 4 heteroatoms. The summed E-state index contributed by atoms with van der Waals surface area (Å²) in [5, 5.41) is 5.87. The van der Waals surface area contributed by atoms with E-state index in [0.29, 0.717) is 6.54 Å². The van der Waals surface area contributed by atoms with Gasteiger partial charge in [-0.1, -0.05) is 6.92 Å². The standard InChI is InChI=1S/C10H19N3O/c1-5-9-8(2)11-13(10(9)14)7-6-12(3)4/h9H,5-7H2,1-4H3. The highest BCUT2D eigenvalue weighted by Gasteiger charge is 2.31. The summed E-state index contributed by atoms with van der Waals surface area (Å²) in [7, 11) is 3.99. The summed E-state index contributed by atoms with van der Waals surface area (Å²) in [5.41, 5.74) is 0.955.